The summed E-state index contributed by atoms with van der Waals surface area (Å²) in [7, 11) is 0. The highest BCUT2D eigenvalue weighted by atomic mass is 16.3. The van der Waals surface area contributed by atoms with Crippen molar-refractivity contribution >= 4 is 0 Å². The SMILES string of the molecule is CC(C)(O)CC(C)(C)CC1CCN(CC(C)(C)CC2CCC(C(C)(C)C)CC2)C1. The first-order chi connectivity index (χ1) is 13.0. The van der Waals surface area contributed by atoms with E-state index in [9.17, 15) is 5.11 Å². The highest BCUT2D eigenvalue weighted by Crippen LogP contribution is 2.44. The van der Waals surface area contributed by atoms with E-state index in [0.717, 1.165) is 24.2 Å². The lowest BCUT2D eigenvalue weighted by atomic mass is 9.67. The predicted octanol–water partition coefficient (Wildman–Crippen LogP) is 7.15. The molecule has 1 aliphatic carbocycles. The molecule has 2 nitrogen and oxygen atoms in total. The summed E-state index contributed by atoms with van der Waals surface area (Å²) >= 11 is 0. The fourth-order valence-electron chi connectivity index (χ4n) is 6.93. The summed E-state index contributed by atoms with van der Waals surface area (Å²) in [6.45, 7) is 24.7. The minimum absolute atomic E-state index is 0.222. The molecule has 1 atom stereocenters. The van der Waals surface area contributed by atoms with Gasteiger partial charge in [-0.3, -0.25) is 0 Å². The van der Waals surface area contributed by atoms with E-state index in [0.29, 0.717) is 10.8 Å². The van der Waals surface area contributed by atoms with E-state index in [1.54, 1.807) is 0 Å². The maximum absolute atomic E-state index is 10.2. The van der Waals surface area contributed by atoms with Crippen LogP contribution < -0.4 is 0 Å². The van der Waals surface area contributed by atoms with Crippen molar-refractivity contribution in [3.63, 3.8) is 0 Å². The monoisotopic (exact) mass is 407 g/mol. The van der Waals surface area contributed by atoms with Crippen molar-refractivity contribution in [2.45, 2.75) is 119 Å². The van der Waals surface area contributed by atoms with Crippen molar-refractivity contribution in [3.8, 4) is 0 Å². The molecule has 1 heterocycles. The molecule has 0 bridgehead atoms. The van der Waals surface area contributed by atoms with Crippen molar-refractivity contribution in [2.24, 2.45) is 34.0 Å². The zero-order valence-corrected chi connectivity index (χ0v) is 21.4. The Balaban J connectivity index is 1.77. The van der Waals surface area contributed by atoms with Crippen LogP contribution in [0.5, 0.6) is 0 Å². The number of hydrogen-bond acceptors (Lipinski definition) is 2. The summed E-state index contributed by atoms with van der Waals surface area (Å²) in [5, 5.41) is 10.2. The summed E-state index contributed by atoms with van der Waals surface area (Å²) in [4.78, 5) is 2.74. The first-order valence-electron chi connectivity index (χ1n) is 12.5. The molecule has 2 aliphatic rings. The number of rotatable bonds is 8. The Hall–Kier alpha value is -0.0800. The Morgan fingerprint density at radius 1 is 0.724 bits per heavy atom. The van der Waals surface area contributed by atoms with Gasteiger partial charge in [0.25, 0.3) is 0 Å². The molecule has 0 amide bonds. The molecule has 0 aromatic heterocycles. The van der Waals surface area contributed by atoms with Crippen LogP contribution in [-0.4, -0.2) is 35.2 Å². The van der Waals surface area contributed by atoms with Crippen molar-refractivity contribution in [3.05, 3.63) is 0 Å². The third kappa shape index (κ3) is 8.90. The second-order valence-electron chi connectivity index (χ2n) is 14.2. The van der Waals surface area contributed by atoms with Crippen molar-refractivity contribution in [1.29, 1.82) is 0 Å². The lowest BCUT2D eigenvalue weighted by molar-refractivity contribution is 0.0243. The van der Waals surface area contributed by atoms with Gasteiger partial charge in [0.05, 0.1) is 5.60 Å². The fourth-order valence-corrected chi connectivity index (χ4v) is 6.93. The second kappa shape index (κ2) is 9.19. The van der Waals surface area contributed by atoms with Gasteiger partial charge in [0.2, 0.25) is 0 Å². The maximum Gasteiger partial charge on any atom is 0.0596 e. The minimum atomic E-state index is -0.560. The Morgan fingerprint density at radius 3 is 1.79 bits per heavy atom. The summed E-state index contributed by atoms with van der Waals surface area (Å²) in [6, 6.07) is 0. The zero-order valence-electron chi connectivity index (χ0n) is 21.4. The summed E-state index contributed by atoms with van der Waals surface area (Å²) in [5.74, 6) is 2.66. The van der Waals surface area contributed by atoms with Crippen LogP contribution in [0.1, 0.15) is 114 Å². The van der Waals surface area contributed by atoms with Gasteiger partial charge in [-0.25, -0.2) is 0 Å². The largest absolute Gasteiger partial charge is 0.390 e. The van der Waals surface area contributed by atoms with Gasteiger partial charge in [0.1, 0.15) is 0 Å². The molecule has 0 spiro atoms. The third-order valence-corrected chi connectivity index (χ3v) is 7.69. The molecule has 1 N–H and O–H groups in total. The summed E-state index contributed by atoms with van der Waals surface area (Å²) < 4.78 is 0. The number of nitrogens with zero attached hydrogens (tertiary/aromatic N) is 1. The molecule has 0 radical (unpaired) electrons. The second-order valence-corrected chi connectivity index (χ2v) is 14.2. The molecule has 2 rings (SSSR count). The first-order valence-corrected chi connectivity index (χ1v) is 12.5. The van der Waals surface area contributed by atoms with E-state index in [-0.39, 0.29) is 5.41 Å². The normalized spacial score (nSPS) is 28.1. The Morgan fingerprint density at radius 2 is 1.28 bits per heavy atom. The van der Waals surface area contributed by atoms with Gasteiger partial charge in [-0.15, -0.1) is 0 Å². The van der Waals surface area contributed by atoms with Gasteiger partial charge in [0.15, 0.2) is 0 Å². The molecule has 1 unspecified atom stereocenters. The standard InChI is InChI=1S/C27H53NO/c1-24(2,3)23-12-10-21(11-13-23)16-26(6,7)20-28-15-14-22(18-28)17-25(4,5)19-27(8,9)29/h21-23,29H,10-20H2,1-9H3. The number of likely N-dealkylation sites (tertiary alicyclic amines) is 1. The highest BCUT2D eigenvalue weighted by molar-refractivity contribution is 4.88. The van der Waals surface area contributed by atoms with Crippen LogP contribution in [-0.2, 0) is 0 Å². The molecular weight excluding hydrogens is 354 g/mol. The molecule has 1 aliphatic heterocycles. The van der Waals surface area contributed by atoms with Crippen LogP contribution in [0.15, 0.2) is 0 Å². The molecule has 0 aromatic rings. The van der Waals surface area contributed by atoms with Crippen molar-refractivity contribution in [2.75, 3.05) is 19.6 Å². The fraction of sp³-hybridized carbons (Fsp3) is 1.00. The average molecular weight is 408 g/mol. The molecule has 1 saturated carbocycles. The molecule has 1 saturated heterocycles. The first kappa shape index (κ1) is 25.2. The van der Waals surface area contributed by atoms with Gasteiger partial charge in [-0.2, -0.15) is 0 Å². The minimum Gasteiger partial charge on any atom is -0.390 e. The average Bonchev–Trinajstić information content (AvgIpc) is 2.88. The van der Waals surface area contributed by atoms with Gasteiger partial charge < -0.3 is 10.0 Å². The predicted molar refractivity (Wildman–Crippen MR) is 127 cm³/mol. The van der Waals surface area contributed by atoms with Crippen LogP contribution in [0.3, 0.4) is 0 Å². The van der Waals surface area contributed by atoms with Crippen LogP contribution in [0.25, 0.3) is 0 Å². The van der Waals surface area contributed by atoms with Gasteiger partial charge in [-0.1, -0.05) is 61.3 Å². The maximum atomic E-state index is 10.2. The highest BCUT2D eigenvalue weighted by Gasteiger charge is 2.36. The van der Waals surface area contributed by atoms with Crippen LogP contribution in [0.2, 0.25) is 0 Å². The van der Waals surface area contributed by atoms with E-state index in [2.05, 4.69) is 53.4 Å². The summed E-state index contributed by atoms with van der Waals surface area (Å²) in [5.41, 5.74) is 0.580. The van der Waals surface area contributed by atoms with E-state index >= 15 is 0 Å². The van der Waals surface area contributed by atoms with E-state index in [1.165, 1.54) is 64.6 Å². The van der Waals surface area contributed by atoms with Gasteiger partial charge in [-0.05, 0) is 92.9 Å². The molecule has 29 heavy (non-hydrogen) atoms. The Bertz CT molecular complexity index is 500. The van der Waals surface area contributed by atoms with Crippen LogP contribution in [0, 0.1) is 34.0 Å². The topological polar surface area (TPSA) is 23.5 Å². The lowest BCUT2D eigenvalue weighted by Crippen LogP contribution is -2.36. The third-order valence-electron chi connectivity index (χ3n) is 7.69. The zero-order chi connectivity index (χ0) is 22.1. The van der Waals surface area contributed by atoms with Crippen LogP contribution >= 0.6 is 0 Å². The Kier molecular flexibility index (Phi) is 7.98. The summed E-state index contributed by atoms with van der Waals surface area (Å²) in [6.07, 6.45) is 10.6. The molecule has 2 fully saturated rings. The quantitative estimate of drug-likeness (QED) is 0.461. The van der Waals surface area contributed by atoms with E-state index < -0.39 is 5.60 Å². The van der Waals surface area contributed by atoms with Crippen molar-refractivity contribution in [1.82, 2.24) is 4.90 Å². The Labute approximate surface area is 183 Å². The van der Waals surface area contributed by atoms with Crippen molar-refractivity contribution < 1.29 is 5.11 Å². The number of aliphatic hydroxyl groups is 1. The van der Waals surface area contributed by atoms with E-state index in [1.807, 2.05) is 13.8 Å². The van der Waals surface area contributed by atoms with E-state index in [4.69, 9.17) is 0 Å². The molecule has 172 valence electrons. The molecule has 0 aromatic carbocycles. The van der Waals surface area contributed by atoms with Gasteiger partial charge >= 0.3 is 0 Å². The van der Waals surface area contributed by atoms with Gasteiger partial charge in [0, 0.05) is 13.1 Å². The van der Waals surface area contributed by atoms with Crippen LogP contribution in [0.4, 0.5) is 0 Å². The molecule has 2 heteroatoms. The molecular formula is C27H53NO. The number of hydrogen-bond donors (Lipinski definition) is 1. The smallest absolute Gasteiger partial charge is 0.0596 e. The lowest BCUT2D eigenvalue weighted by Gasteiger charge is -2.40.